The third-order valence-electron chi connectivity index (χ3n) is 4.35. The summed E-state index contributed by atoms with van der Waals surface area (Å²) in [6.45, 7) is 6.19. The fraction of sp³-hybridized carbons (Fsp3) is 0.471. The highest BCUT2D eigenvalue weighted by molar-refractivity contribution is 6.34. The minimum atomic E-state index is 0.137. The van der Waals surface area contributed by atoms with Crippen LogP contribution in [0.15, 0.2) is 18.5 Å². The van der Waals surface area contributed by atoms with Crippen LogP contribution in [0.4, 0.5) is 0 Å². The van der Waals surface area contributed by atoms with Gasteiger partial charge in [-0.2, -0.15) is 0 Å². The first-order valence-corrected chi connectivity index (χ1v) is 8.55. The number of hydrogen-bond donors (Lipinski definition) is 0. The quantitative estimate of drug-likeness (QED) is 0.754. The van der Waals surface area contributed by atoms with Crippen LogP contribution >= 0.6 is 11.6 Å². The van der Waals surface area contributed by atoms with E-state index in [9.17, 15) is 4.79 Å². The number of carbonyl (C=O) groups excluding carboxylic acids is 1. The average Bonchev–Trinajstić information content (AvgIpc) is 2.62. The van der Waals surface area contributed by atoms with Gasteiger partial charge in [0.15, 0.2) is 11.5 Å². The van der Waals surface area contributed by atoms with Gasteiger partial charge >= 0.3 is 0 Å². The van der Waals surface area contributed by atoms with Crippen LogP contribution in [-0.2, 0) is 4.79 Å². The topological polar surface area (TPSA) is 67.8 Å². The maximum absolute atomic E-state index is 11.4. The molecular formula is C17H21ClN4O3. The Morgan fingerprint density at radius 2 is 1.96 bits per heavy atom. The molecule has 1 fully saturated rings. The van der Waals surface area contributed by atoms with E-state index < -0.39 is 0 Å². The third kappa shape index (κ3) is 4.11. The molecular weight excluding hydrogens is 344 g/mol. The van der Waals surface area contributed by atoms with Crippen LogP contribution in [0, 0.1) is 0 Å². The van der Waals surface area contributed by atoms with Crippen molar-refractivity contribution in [3.63, 3.8) is 0 Å². The Morgan fingerprint density at radius 3 is 2.64 bits per heavy atom. The smallest absolute Gasteiger partial charge is 0.219 e. The van der Waals surface area contributed by atoms with Crippen LogP contribution in [-0.4, -0.2) is 72.1 Å². The van der Waals surface area contributed by atoms with Crippen molar-refractivity contribution in [2.75, 3.05) is 46.4 Å². The van der Waals surface area contributed by atoms with Gasteiger partial charge in [-0.3, -0.25) is 9.69 Å². The summed E-state index contributed by atoms with van der Waals surface area (Å²) >= 11 is 6.10. The molecule has 25 heavy (non-hydrogen) atoms. The van der Waals surface area contributed by atoms with E-state index in [-0.39, 0.29) is 5.91 Å². The first kappa shape index (κ1) is 17.7. The molecule has 134 valence electrons. The number of carbonyl (C=O) groups is 1. The molecule has 0 spiro atoms. The zero-order valence-corrected chi connectivity index (χ0v) is 15.1. The van der Waals surface area contributed by atoms with Crippen molar-refractivity contribution < 1.29 is 14.3 Å². The molecule has 1 aliphatic heterocycles. The summed E-state index contributed by atoms with van der Waals surface area (Å²) in [6, 6.07) is 3.61. The molecule has 1 aromatic carbocycles. The second-order valence-electron chi connectivity index (χ2n) is 5.88. The number of amides is 1. The number of piperazine rings is 1. The van der Waals surface area contributed by atoms with E-state index in [1.807, 2.05) is 11.0 Å². The molecule has 2 aromatic rings. The lowest BCUT2D eigenvalue weighted by atomic mass is 10.2. The lowest BCUT2D eigenvalue weighted by molar-refractivity contribution is -0.130. The fourth-order valence-electron chi connectivity index (χ4n) is 2.88. The standard InChI is InChI=1S/C17H21ClN4O3/c1-12(23)22-5-3-21(4-6-22)7-8-25-16-10-14-13(9-15(16)24-2)17(18)20-11-19-14/h9-11H,3-8H2,1-2H3. The lowest BCUT2D eigenvalue weighted by Gasteiger charge is -2.34. The van der Waals surface area contributed by atoms with Crippen LogP contribution in [0.25, 0.3) is 10.9 Å². The summed E-state index contributed by atoms with van der Waals surface area (Å²) in [5.74, 6) is 1.37. The Morgan fingerprint density at radius 1 is 1.20 bits per heavy atom. The number of aromatic nitrogens is 2. The summed E-state index contributed by atoms with van der Waals surface area (Å²) in [6.07, 6.45) is 1.43. The van der Waals surface area contributed by atoms with E-state index in [1.54, 1.807) is 20.1 Å². The molecule has 1 aromatic heterocycles. The second-order valence-corrected chi connectivity index (χ2v) is 6.24. The predicted molar refractivity (Wildman–Crippen MR) is 95.3 cm³/mol. The van der Waals surface area contributed by atoms with Gasteiger partial charge in [0.25, 0.3) is 0 Å². The molecule has 0 N–H and O–H groups in total. The van der Waals surface area contributed by atoms with Gasteiger partial charge in [0, 0.05) is 51.1 Å². The van der Waals surface area contributed by atoms with E-state index in [0.29, 0.717) is 28.8 Å². The minimum absolute atomic E-state index is 0.137. The highest BCUT2D eigenvalue weighted by Crippen LogP contribution is 2.33. The van der Waals surface area contributed by atoms with Crippen LogP contribution in [0.2, 0.25) is 5.15 Å². The van der Waals surface area contributed by atoms with Gasteiger partial charge in [-0.05, 0) is 6.07 Å². The van der Waals surface area contributed by atoms with Crippen LogP contribution in [0.5, 0.6) is 11.5 Å². The van der Waals surface area contributed by atoms with Crippen molar-refractivity contribution in [1.29, 1.82) is 0 Å². The number of nitrogens with zero attached hydrogens (tertiary/aromatic N) is 4. The molecule has 0 radical (unpaired) electrons. The van der Waals surface area contributed by atoms with E-state index in [4.69, 9.17) is 21.1 Å². The van der Waals surface area contributed by atoms with Gasteiger partial charge in [0.2, 0.25) is 5.91 Å². The van der Waals surface area contributed by atoms with Crippen molar-refractivity contribution in [2.24, 2.45) is 0 Å². The number of halogens is 1. The summed E-state index contributed by atoms with van der Waals surface area (Å²) in [5, 5.41) is 1.12. The zero-order valence-electron chi connectivity index (χ0n) is 14.4. The first-order valence-electron chi connectivity index (χ1n) is 8.17. The molecule has 1 amide bonds. The van der Waals surface area contributed by atoms with Crippen LogP contribution in [0.1, 0.15) is 6.92 Å². The number of fused-ring (bicyclic) bond motifs is 1. The number of methoxy groups -OCH3 is 1. The van der Waals surface area contributed by atoms with Crippen LogP contribution in [0.3, 0.4) is 0 Å². The Bertz CT molecular complexity index is 763. The Labute approximate surface area is 151 Å². The third-order valence-corrected chi connectivity index (χ3v) is 4.66. The molecule has 8 heteroatoms. The van der Waals surface area contributed by atoms with Gasteiger partial charge in [0.1, 0.15) is 18.1 Å². The number of hydrogen-bond acceptors (Lipinski definition) is 6. The lowest BCUT2D eigenvalue weighted by Crippen LogP contribution is -2.48. The van der Waals surface area contributed by atoms with Gasteiger partial charge in [-0.1, -0.05) is 11.6 Å². The monoisotopic (exact) mass is 364 g/mol. The largest absolute Gasteiger partial charge is 0.493 e. The highest BCUT2D eigenvalue weighted by Gasteiger charge is 2.18. The van der Waals surface area contributed by atoms with E-state index in [1.165, 1.54) is 6.33 Å². The SMILES string of the molecule is COc1cc2c(Cl)ncnc2cc1OCCN1CCN(C(C)=O)CC1. The zero-order chi connectivity index (χ0) is 17.8. The fourth-order valence-corrected chi connectivity index (χ4v) is 3.07. The molecule has 0 unspecified atom stereocenters. The average molecular weight is 365 g/mol. The highest BCUT2D eigenvalue weighted by atomic mass is 35.5. The van der Waals surface area contributed by atoms with Crippen molar-refractivity contribution in [3.05, 3.63) is 23.6 Å². The second kappa shape index (κ2) is 7.84. The minimum Gasteiger partial charge on any atom is -0.493 e. The molecule has 7 nitrogen and oxygen atoms in total. The molecule has 1 aliphatic rings. The first-order chi connectivity index (χ1) is 12.1. The summed E-state index contributed by atoms with van der Waals surface area (Å²) in [4.78, 5) is 23.7. The molecule has 2 heterocycles. The van der Waals surface area contributed by atoms with Crippen molar-refractivity contribution in [3.8, 4) is 11.5 Å². The molecule has 0 aliphatic carbocycles. The molecule has 0 saturated carbocycles. The van der Waals surface area contributed by atoms with Crippen molar-refractivity contribution in [1.82, 2.24) is 19.8 Å². The summed E-state index contributed by atoms with van der Waals surface area (Å²) < 4.78 is 11.3. The van der Waals surface area contributed by atoms with Crippen LogP contribution < -0.4 is 9.47 Å². The maximum Gasteiger partial charge on any atom is 0.219 e. The van der Waals surface area contributed by atoms with Gasteiger partial charge in [0.05, 0.1) is 12.6 Å². The number of rotatable bonds is 5. The maximum atomic E-state index is 11.4. The number of ether oxygens (including phenoxy) is 2. The van der Waals surface area contributed by atoms with Gasteiger partial charge in [-0.15, -0.1) is 0 Å². The van der Waals surface area contributed by atoms with E-state index in [2.05, 4.69) is 14.9 Å². The summed E-state index contributed by atoms with van der Waals surface area (Å²) in [5.41, 5.74) is 0.714. The van der Waals surface area contributed by atoms with Crippen molar-refractivity contribution >= 4 is 28.4 Å². The molecule has 1 saturated heterocycles. The molecule has 0 atom stereocenters. The van der Waals surface area contributed by atoms with E-state index >= 15 is 0 Å². The van der Waals surface area contributed by atoms with Crippen molar-refractivity contribution in [2.45, 2.75) is 6.92 Å². The van der Waals surface area contributed by atoms with Gasteiger partial charge < -0.3 is 14.4 Å². The van der Waals surface area contributed by atoms with Gasteiger partial charge in [-0.25, -0.2) is 9.97 Å². The Kier molecular flexibility index (Phi) is 5.55. The molecule has 0 bridgehead atoms. The molecule has 3 rings (SSSR count). The normalized spacial score (nSPS) is 15.4. The Hall–Kier alpha value is -2.12. The predicted octanol–water partition coefficient (Wildman–Crippen LogP) is 1.83. The van der Waals surface area contributed by atoms with E-state index in [0.717, 1.165) is 38.1 Å². The Balaban J connectivity index is 1.61. The summed E-state index contributed by atoms with van der Waals surface area (Å²) in [7, 11) is 1.59. The number of benzene rings is 1.